The molecule has 0 aliphatic carbocycles. The number of hydrogen-bond acceptors (Lipinski definition) is 8. The molecule has 2 N–H and O–H groups in total. The molecule has 3 heterocycles. The number of rotatable bonds is 4. The summed E-state index contributed by atoms with van der Waals surface area (Å²) in [7, 11) is 2.72. The first-order valence-electron chi connectivity index (χ1n) is 10.7. The number of carbonyl (C=O) groups is 2. The van der Waals surface area contributed by atoms with Gasteiger partial charge in [0.05, 0.1) is 17.8 Å². The molecule has 3 aromatic rings. The summed E-state index contributed by atoms with van der Waals surface area (Å²) in [5, 5.41) is 10.8. The van der Waals surface area contributed by atoms with Gasteiger partial charge in [-0.1, -0.05) is 23.7 Å². The van der Waals surface area contributed by atoms with E-state index < -0.39 is 35.9 Å². The first kappa shape index (κ1) is 27.7. The van der Waals surface area contributed by atoms with Gasteiger partial charge in [-0.05, 0) is 12.1 Å². The van der Waals surface area contributed by atoms with Crippen LogP contribution in [-0.4, -0.2) is 75.2 Å². The molecule has 0 spiro atoms. The number of esters is 1. The van der Waals surface area contributed by atoms with Crippen molar-refractivity contribution in [3.8, 4) is 5.69 Å². The molecule has 0 unspecified atom stereocenters. The van der Waals surface area contributed by atoms with E-state index in [2.05, 4.69) is 15.0 Å². The summed E-state index contributed by atoms with van der Waals surface area (Å²) in [6, 6.07) is 7.10. The minimum atomic E-state index is -5.08. The van der Waals surface area contributed by atoms with E-state index in [1.807, 2.05) is 11.0 Å². The van der Waals surface area contributed by atoms with Gasteiger partial charge in [-0.3, -0.25) is 18.7 Å². The fraction of sp³-hybridized carbons (Fsp3) is 0.381. The second kappa shape index (κ2) is 11.0. The van der Waals surface area contributed by atoms with E-state index in [0.29, 0.717) is 29.7 Å². The second-order valence-corrected chi connectivity index (χ2v) is 8.13. The van der Waals surface area contributed by atoms with Crippen molar-refractivity contribution in [2.45, 2.75) is 12.7 Å². The molecule has 0 atom stereocenters. The molecule has 37 heavy (non-hydrogen) atoms. The maximum Gasteiger partial charge on any atom is 0.490 e. The molecule has 0 radical (unpaired) electrons. The molecule has 1 aliphatic rings. The number of halogens is 4. The Morgan fingerprint density at radius 1 is 1.19 bits per heavy atom. The Morgan fingerprint density at radius 3 is 2.32 bits per heavy atom. The lowest BCUT2D eigenvalue weighted by Crippen LogP contribution is -2.44. The van der Waals surface area contributed by atoms with Gasteiger partial charge < -0.3 is 20.1 Å². The van der Waals surface area contributed by atoms with Gasteiger partial charge in [-0.25, -0.2) is 14.2 Å². The monoisotopic (exact) mass is 546 g/mol. The van der Waals surface area contributed by atoms with Gasteiger partial charge in [0.1, 0.15) is 6.54 Å². The minimum Gasteiger partial charge on any atom is -0.475 e. The lowest BCUT2D eigenvalue weighted by atomic mass is 10.3. The minimum absolute atomic E-state index is 0.169. The Hall–Kier alpha value is -3.85. The third-order valence-corrected chi connectivity index (χ3v) is 5.69. The second-order valence-electron chi connectivity index (χ2n) is 7.72. The fourth-order valence-electron chi connectivity index (χ4n) is 3.58. The number of carboxylic acids is 1. The molecule has 200 valence electrons. The molecular weight excluding hydrogens is 525 g/mol. The number of aryl methyl sites for hydroxylation is 1. The average molecular weight is 547 g/mol. The highest BCUT2D eigenvalue weighted by atomic mass is 35.5. The maximum atomic E-state index is 13.4. The highest BCUT2D eigenvalue weighted by Crippen LogP contribution is 2.29. The van der Waals surface area contributed by atoms with Crippen LogP contribution in [0.2, 0.25) is 5.02 Å². The zero-order chi connectivity index (χ0) is 27.5. The van der Waals surface area contributed by atoms with E-state index in [1.54, 1.807) is 22.8 Å². The van der Waals surface area contributed by atoms with E-state index in [1.165, 1.54) is 18.7 Å². The van der Waals surface area contributed by atoms with Crippen LogP contribution in [0.3, 0.4) is 0 Å². The van der Waals surface area contributed by atoms with Crippen LogP contribution >= 0.6 is 11.6 Å². The fourth-order valence-corrected chi connectivity index (χ4v) is 3.80. The number of anilines is 1. The number of aromatic nitrogens is 4. The summed E-state index contributed by atoms with van der Waals surface area (Å²) >= 11 is 6.47. The highest BCUT2D eigenvalue weighted by molar-refractivity contribution is 6.32. The SMILES string of the molecule is COC(=O)Cn1c(=O)c2c(nc(N3CCNCC3)n2-c2ccccc2Cl)n(C)c1=O.O=C(O)C(F)(F)F. The van der Waals surface area contributed by atoms with Crippen LogP contribution < -0.4 is 21.5 Å². The lowest BCUT2D eigenvalue weighted by molar-refractivity contribution is -0.192. The van der Waals surface area contributed by atoms with Crippen LogP contribution in [0.5, 0.6) is 0 Å². The van der Waals surface area contributed by atoms with Crippen molar-refractivity contribution in [3.63, 3.8) is 0 Å². The molecule has 1 fully saturated rings. The number of benzene rings is 1. The summed E-state index contributed by atoms with van der Waals surface area (Å²) in [4.78, 5) is 53.5. The van der Waals surface area contributed by atoms with Gasteiger partial charge in [0, 0.05) is 33.2 Å². The number of alkyl halides is 3. The summed E-state index contributed by atoms with van der Waals surface area (Å²) in [6.07, 6.45) is -5.08. The number of carboxylic acid groups (broad SMARTS) is 1. The van der Waals surface area contributed by atoms with Crippen molar-refractivity contribution < 1.29 is 32.6 Å². The largest absolute Gasteiger partial charge is 0.490 e. The molecule has 4 rings (SSSR count). The Labute approximate surface area is 211 Å². The zero-order valence-electron chi connectivity index (χ0n) is 19.6. The number of nitrogens with zero attached hydrogens (tertiary/aromatic N) is 5. The van der Waals surface area contributed by atoms with Crippen molar-refractivity contribution in [2.75, 3.05) is 38.2 Å². The number of nitrogens with one attached hydrogen (secondary N) is 1. The Balaban J connectivity index is 0.000000479. The van der Waals surface area contributed by atoms with Crippen LogP contribution in [0.1, 0.15) is 0 Å². The summed E-state index contributed by atoms with van der Waals surface area (Å²) in [5.41, 5.74) is -0.321. The van der Waals surface area contributed by atoms with Gasteiger partial charge in [-0.2, -0.15) is 18.2 Å². The number of para-hydroxylation sites is 1. The van der Waals surface area contributed by atoms with Gasteiger partial charge >= 0.3 is 23.8 Å². The molecule has 16 heteroatoms. The Kier molecular flexibility index (Phi) is 8.28. The predicted octanol–water partition coefficient (Wildman–Crippen LogP) is 0.755. The van der Waals surface area contributed by atoms with Gasteiger partial charge in [0.2, 0.25) is 5.95 Å². The summed E-state index contributed by atoms with van der Waals surface area (Å²) in [6.45, 7) is 2.39. The number of carbonyl (C=O) groups excluding carboxylic acids is 1. The summed E-state index contributed by atoms with van der Waals surface area (Å²) in [5.74, 6) is -2.94. The maximum absolute atomic E-state index is 13.4. The van der Waals surface area contributed by atoms with Crippen molar-refractivity contribution in [1.29, 1.82) is 0 Å². The van der Waals surface area contributed by atoms with Crippen molar-refractivity contribution in [2.24, 2.45) is 7.05 Å². The lowest BCUT2D eigenvalue weighted by Gasteiger charge is -2.28. The molecule has 2 aromatic heterocycles. The number of ether oxygens (including phenoxy) is 1. The number of imidazole rings is 1. The van der Waals surface area contributed by atoms with Gasteiger partial charge in [-0.15, -0.1) is 0 Å². The molecule has 0 saturated carbocycles. The van der Waals surface area contributed by atoms with Crippen LogP contribution in [0.15, 0.2) is 33.9 Å². The van der Waals surface area contributed by atoms with E-state index >= 15 is 0 Å². The molecule has 0 amide bonds. The molecule has 1 aromatic carbocycles. The standard InChI is InChI=1S/C19H21ClN6O4.C2HF3O2/c1-23-16-15(17(28)25(19(23)29)11-14(27)30-2)26(13-6-4-3-5-12(13)20)18(22-16)24-9-7-21-8-10-24;3-2(4,5)1(6)7/h3-6,21H,7-11H2,1-2H3;(H,6,7). The molecule has 1 aliphatic heterocycles. The van der Waals surface area contributed by atoms with Crippen LogP contribution in [0.25, 0.3) is 16.9 Å². The van der Waals surface area contributed by atoms with Crippen molar-refractivity contribution in [1.82, 2.24) is 24.0 Å². The van der Waals surface area contributed by atoms with Crippen LogP contribution in [-0.2, 0) is 27.9 Å². The highest BCUT2D eigenvalue weighted by Gasteiger charge is 2.38. The van der Waals surface area contributed by atoms with Gasteiger partial charge in [0.15, 0.2) is 11.2 Å². The predicted molar refractivity (Wildman–Crippen MR) is 126 cm³/mol. The van der Waals surface area contributed by atoms with Crippen LogP contribution in [0.4, 0.5) is 19.1 Å². The number of piperazine rings is 1. The molecule has 12 nitrogen and oxygen atoms in total. The first-order valence-corrected chi connectivity index (χ1v) is 11.1. The Bertz CT molecular complexity index is 1440. The molecule has 1 saturated heterocycles. The van der Waals surface area contributed by atoms with E-state index in [-0.39, 0.29) is 11.2 Å². The van der Waals surface area contributed by atoms with E-state index in [9.17, 15) is 27.6 Å². The summed E-state index contributed by atoms with van der Waals surface area (Å²) < 4.78 is 40.2. The number of hydrogen-bond donors (Lipinski definition) is 2. The zero-order valence-corrected chi connectivity index (χ0v) is 20.3. The molecule has 0 bridgehead atoms. The van der Waals surface area contributed by atoms with Crippen LogP contribution in [0, 0.1) is 0 Å². The van der Waals surface area contributed by atoms with E-state index in [4.69, 9.17) is 21.5 Å². The molecular formula is C21H22ClF3N6O6. The third-order valence-electron chi connectivity index (χ3n) is 5.38. The number of fused-ring (bicyclic) bond motifs is 1. The quantitative estimate of drug-likeness (QED) is 0.454. The van der Waals surface area contributed by atoms with Crippen molar-refractivity contribution >= 4 is 40.7 Å². The normalized spacial score (nSPS) is 13.7. The van der Waals surface area contributed by atoms with E-state index in [0.717, 1.165) is 17.7 Å². The van der Waals surface area contributed by atoms with Gasteiger partial charge in [0.25, 0.3) is 5.56 Å². The third kappa shape index (κ3) is 5.77. The van der Waals surface area contributed by atoms with Crippen molar-refractivity contribution in [3.05, 3.63) is 50.1 Å². The number of methoxy groups -OCH3 is 1. The smallest absolute Gasteiger partial charge is 0.475 e. The number of aliphatic carboxylic acids is 1. The average Bonchev–Trinajstić information content (AvgIpc) is 3.26. The topological polar surface area (TPSA) is 141 Å². The Morgan fingerprint density at radius 2 is 1.78 bits per heavy atom. The first-order chi connectivity index (χ1) is 17.4.